The smallest absolute Gasteiger partial charge is 0.263 e. The molecule has 0 saturated heterocycles. The van der Waals surface area contributed by atoms with Gasteiger partial charge < -0.3 is 5.73 Å². The van der Waals surface area contributed by atoms with Crippen molar-refractivity contribution >= 4 is 48.9 Å². The highest BCUT2D eigenvalue weighted by Crippen LogP contribution is 2.30. The number of nitrogen functional groups attached to an aromatic ring is 1. The lowest BCUT2D eigenvalue weighted by Gasteiger charge is -2.12. The lowest BCUT2D eigenvalue weighted by Crippen LogP contribution is -2.14. The van der Waals surface area contributed by atoms with Gasteiger partial charge in [-0.1, -0.05) is 23.7 Å². The third-order valence-electron chi connectivity index (χ3n) is 2.68. The molecule has 4 nitrogen and oxygen atoms in total. The minimum Gasteiger partial charge on any atom is -0.399 e. The van der Waals surface area contributed by atoms with Gasteiger partial charge in [-0.3, -0.25) is 4.72 Å². The highest BCUT2D eigenvalue weighted by molar-refractivity contribution is 9.10. The van der Waals surface area contributed by atoms with Gasteiger partial charge in [0.25, 0.3) is 10.0 Å². The standard InChI is InChI=1S/C13H12BrClN2O2S/c1-8-3-2-4-11(13(8)14)17-20(18,19)12-7-9(16)5-6-10(12)15/h2-7,17H,16H2,1H3. The summed E-state index contributed by atoms with van der Waals surface area (Å²) in [6.45, 7) is 1.87. The normalized spacial score (nSPS) is 11.3. The van der Waals surface area contributed by atoms with E-state index in [1.807, 2.05) is 13.0 Å². The number of hydrogen-bond donors (Lipinski definition) is 2. The summed E-state index contributed by atoms with van der Waals surface area (Å²) in [5.74, 6) is 0. The van der Waals surface area contributed by atoms with Gasteiger partial charge in [-0.25, -0.2) is 8.42 Å². The van der Waals surface area contributed by atoms with E-state index in [1.165, 1.54) is 12.1 Å². The van der Waals surface area contributed by atoms with E-state index in [4.69, 9.17) is 17.3 Å². The molecule has 0 atom stereocenters. The molecule has 0 saturated carbocycles. The van der Waals surface area contributed by atoms with Crippen molar-refractivity contribution in [1.29, 1.82) is 0 Å². The van der Waals surface area contributed by atoms with E-state index >= 15 is 0 Å². The van der Waals surface area contributed by atoms with Gasteiger partial charge in [-0.15, -0.1) is 0 Å². The van der Waals surface area contributed by atoms with Gasteiger partial charge in [0.15, 0.2) is 0 Å². The van der Waals surface area contributed by atoms with Crippen molar-refractivity contribution in [3.05, 3.63) is 51.5 Å². The van der Waals surface area contributed by atoms with Gasteiger partial charge in [-0.05, 0) is 52.7 Å². The van der Waals surface area contributed by atoms with Crippen LogP contribution in [0.5, 0.6) is 0 Å². The minimum atomic E-state index is -3.80. The highest BCUT2D eigenvalue weighted by atomic mass is 79.9. The Morgan fingerprint density at radius 3 is 2.65 bits per heavy atom. The Labute approximate surface area is 131 Å². The van der Waals surface area contributed by atoms with E-state index < -0.39 is 10.0 Å². The lowest BCUT2D eigenvalue weighted by molar-refractivity contribution is 0.601. The number of benzene rings is 2. The molecule has 0 heterocycles. The first-order chi connectivity index (χ1) is 9.31. The van der Waals surface area contributed by atoms with Crippen LogP contribution in [0.1, 0.15) is 5.56 Å². The number of hydrogen-bond acceptors (Lipinski definition) is 3. The van der Waals surface area contributed by atoms with E-state index in [1.54, 1.807) is 18.2 Å². The number of aryl methyl sites for hydroxylation is 1. The fraction of sp³-hybridized carbons (Fsp3) is 0.0769. The number of nitrogens with one attached hydrogen (secondary N) is 1. The maximum atomic E-state index is 12.4. The zero-order valence-corrected chi connectivity index (χ0v) is 13.7. The molecule has 0 aromatic heterocycles. The van der Waals surface area contributed by atoms with Crippen LogP contribution in [0.15, 0.2) is 45.8 Å². The Hall–Kier alpha value is -1.24. The average Bonchev–Trinajstić information content (AvgIpc) is 2.37. The van der Waals surface area contributed by atoms with Crippen LogP contribution in [0.4, 0.5) is 11.4 Å². The third kappa shape index (κ3) is 3.08. The maximum Gasteiger partial charge on any atom is 0.263 e. The summed E-state index contributed by atoms with van der Waals surface area (Å²) in [5.41, 5.74) is 7.31. The van der Waals surface area contributed by atoms with Crippen LogP contribution in [-0.4, -0.2) is 8.42 Å². The fourth-order valence-corrected chi connectivity index (χ4v) is 3.75. The predicted molar refractivity (Wildman–Crippen MR) is 85.6 cm³/mol. The highest BCUT2D eigenvalue weighted by Gasteiger charge is 2.19. The van der Waals surface area contributed by atoms with E-state index in [0.717, 1.165) is 5.56 Å². The second-order valence-electron chi connectivity index (χ2n) is 4.23. The quantitative estimate of drug-likeness (QED) is 0.802. The van der Waals surface area contributed by atoms with Crippen LogP contribution in [-0.2, 0) is 10.0 Å². The van der Waals surface area contributed by atoms with Crippen molar-refractivity contribution in [3.63, 3.8) is 0 Å². The van der Waals surface area contributed by atoms with Crippen molar-refractivity contribution in [2.75, 3.05) is 10.5 Å². The van der Waals surface area contributed by atoms with Crippen LogP contribution in [0, 0.1) is 6.92 Å². The summed E-state index contributed by atoms with van der Waals surface area (Å²) in [5, 5.41) is 0.121. The number of anilines is 2. The number of halogens is 2. The summed E-state index contributed by atoms with van der Waals surface area (Å²) in [4.78, 5) is -0.0485. The van der Waals surface area contributed by atoms with Crippen LogP contribution in [0.2, 0.25) is 5.02 Å². The van der Waals surface area contributed by atoms with Crippen molar-refractivity contribution < 1.29 is 8.42 Å². The predicted octanol–water partition coefficient (Wildman–Crippen LogP) is 3.79. The molecule has 2 rings (SSSR count). The van der Waals surface area contributed by atoms with Gasteiger partial charge in [0, 0.05) is 10.2 Å². The molecule has 3 N–H and O–H groups in total. The summed E-state index contributed by atoms with van der Waals surface area (Å²) in [6, 6.07) is 9.62. The molecule has 0 radical (unpaired) electrons. The Kier molecular flexibility index (Phi) is 4.27. The van der Waals surface area contributed by atoms with Gasteiger partial charge in [0.2, 0.25) is 0 Å². The Balaban J connectivity index is 2.46. The zero-order valence-electron chi connectivity index (χ0n) is 10.5. The Morgan fingerprint density at radius 2 is 1.95 bits per heavy atom. The molecule has 0 aliphatic heterocycles. The number of sulfonamides is 1. The second kappa shape index (κ2) is 5.63. The van der Waals surface area contributed by atoms with E-state index in [9.17, 15) is 8.42 Å². The molecule has 0 bridgehead atoms. The first kappa shape index (κ1) is 15.2. The largest absolute Gasteiger partial charge is 0.399 e. The first-order valence-corrected chi connectivity index (χ1v) is 8.29. The first-order valence-electron chi connectivity index (χ1n) is 5.64. The zero-order chi connectivity index (χ0) is 14.9. The van der Waals surface area contributed by atoms with Gasteiger partial charge >= 0.3 is 0 Å². The molecule has 2 aromatic rings. The van der Waals surface area contributed by atoms with E-state index in [0.29, 0.717) is 15.8 Å². The van der Waals surface area contributed by atoms with Crippen molar-refractivity contribution in [3.8, 4) is 0 Å². The molecule has 0 aliphatic rings. The second-order valence-corrected chi connectivity index (χ2v) is 7.08. The average molecular weight is 376 g/mol. The molecule has 106 valence electrons. The van der Waals surface area contributed by atoms with Gasteiger partial charge in [-0.2, -0.15) is 0 Å². The summed E-state index contributed by atoms with van der Waals surface area (Å²) >= 11 is 9.29. The molecular formula is C13H12BrClN2O2S. The summed E-state index contributed by atoms with van der Waals surface area (Å²) in [6.07, 6.45) is 0. The summed E-state index contributed by atoms with van der Waals surface area (Å²) < 4.78 is 27.9. The number of rotatable bonds is 3. The van der Waals surface area contributed by atoms with Crippen molar-refractivity contribution in [2.45, 2.75) is 11.8 Å². The topological polar surface area (TPSA) is 72.2 Å². The summed E-state index contributed by atoms with van der Waals surface area (Å²) in [7, 11) is -3.80. The fourth-order valence-electron chi connectivity index (χ4n) is 1.65. The van der Waals surface area contributed by atoms with Crippen molar-refractivity contribution in [2.24, 2.45) is 0 Å². The number of nitrogens with two attached hydrogens (primary N) is 1. The van der Waals surface area contributed by atoms with E-state index in [-0.39, 0.29) is 9.92 Å². The lowest BCUT2D eigenvalue weighted by atomic mass is 10.2. The van der Waals surface area contributed by atoms with Crippen LogP contribution < -0.4 is 10.5 Å². The molecule has 0 amide bonds. The van der Waals surface area contributed by atoms with E-state index in [2.05, 4.69) is 20.7 Å². The van der Waals surface area contributed by atoms with Crippen molar-refractivity contribution in [1.82, 2.24) is 0 Å². The Bertz CT molecular complexity index is 763. The third-order valence-corrected chi connectivity index (χ3v) is 5.58. The molecule has 0 spiro atoms. The van der Waals surface area contributed by atoms with Crippen LogP contribution in [0.25, 0.3) is 0 Å². The van der Waals surface area contributed by atoms with Gasteiger partial charge in [0.1, 0.15) is 4.90 Å². The Morgan fingerprint density at radius 1 is 1.25 bits per heavy atom. The minimum absolute atomic E-state index is 0.0485. The molecular weight excluding hydrogens is 364 g/mol. The maximum absolute atomic E-state index is 12.4. The molecule has 20 heavy (non-hydrogen) atoms. The van der Waals surface area contributed by atoms with Gasteiger partial charge in [0.05, 0.1) is 10.7 Å². The monoisotopic (exact) mass is 374 g/mol. The molecule has 2 aromatic carbocycles. The molecule has 0 fully saturated rings. The molecule has 0 aliphatic carbocycles. The molecule has 0 unspecified atom stereocenters. The van der Waals surface area contributed by atoms with Crippen LogP contribution in [0.3, 0.4) is 0 Å². The molecule has 7 heteroatoms. The van der Waals surface area contributed by atoms with Crippen LogP contribution >= 0.6 is 27.5 Å². The SMILES string of the molecule is Cc1cccc(NS(=O)(=O)c2cc(N)ccc2Cl)c1Br.